The third-order valence-corrected chi connectivity index (χ3v) is 2.98. The van der Waals surface area contributed by atoms with Crippen molar-refractivity contribution in [1.82, 2.24) is 15.5 Å². The highest BCUT2D eigenvalue weighted by atomic mass is 127. The second kappa shape index (κ2) is 18.2. The summed E-state index contributed by atoms with van der Waals surface area (Å²) in [7, 11) is 3.82. The summed E-state index contributed by atoms with van der Waals surface area (Å²) in [6.07, 6.45) is 0.955. The Labute approximate surface area is 159 Å². The molecule has 6 nitrogen and oxygen atoms in total. The molecule has 0 aliphatic rings. The summed E-state index contributed by atoms with van der Waals surface area (Å²) < 4.78 is 10.6. The highest BCUT2D eigenvalue weighted by Crippen LogP contribution is 1.93. The van der Waals surface area contributed by atoms with E-state index in [9.17, 15) is 0 Å². The normalized spacial score (nSPS) is 11.7. The van der Waals surface area contributed by atoms with Gasteiger partial charge in [0.25, 0.3) is 0 Å². The second-order valence-electron chi connectivity index (χ2n) is 5.81. The van der Waals surface area contributed by atoms with Gasteiger partial charge in [-0.15, -0.1) is 24.0 Å². The molecule has 0 spiro atoms. The summed E-state index contributed by atoms with van der Waals surface area (Å²) in [4.78, 5) is 6.80. The zero-order chi connectivity index (χ0) is 16.6. The van der Waals surface area contributed by atoms with Crippen LogP contribution in [0.1, 0.15) is 27.2 Å². The lowest BCUT2D eigenvalue weighted by atomic mass is 10.2. The van der Waals surface area contributed by atoms with Crippen molar-refractivity contribution in [2.45, 2.75) is 27.2 Å². The van der Waals surface area contributed by atoms with E-state index < -0.39 is 0 Å². The number of nitrogens with zero attached hydrogens (tertiary/aromatic N) is 2. The lowest BCUT2D eigenvalue weighted by Gasteiger charge is -2.17. The molecule has 0 aliphatic carbocycles. The van der Waals surface area contributed by atoms with Gasteiger partial charge in [-0.2, -0.15) is 0 Å². The summed E-state index contributed by atoms with van der Waals surface area (Å²) in [5.74, 6) is 1.48. The van der Waals surface area contributed by atoms with Gasteiger partial charge in [0.05, 0.1) is 6.61 Å². The van der Waals surface area contributed by atoms with Crippen molar-refractivity contribution in [3.63, 3.8) is 0 Å². The van der Waals surface area contributed by atoms with Crippen LogP contribution in [0, 0.1) is 5.92 Å². The van der Waals surface area contributed by atoms with E-state index >= 15 is 0 Å². The molecule has 0 saturated heterocycles. The van der Waals surface area contributed by atoms with Gasteiger partial charge < -0.3 is 25.0 Å². The van der Waals surface area contributed by atoms with E-state index in [1.54, 1.807) is 7.11 Å². The van der Waals surface area contributed by atoms with Gasteiger partial charge in [-0.1, -0.05) is 13.8 Å². The molecule has 7 heteroatoms. The predicted molar refractivity (Wildman–Crippen MR) is 109 cm³/mol. The molecular formula is C16H37IN4O2. The number of halogens is 1. The molecule has 0 amide bonds. The van der Waals surface area contributed by atoms with Crippen LogP contribution in [-0.2, 0) is 9.47 Å². The molecule has 0 aromatic heterocycles. The van der Waals surface area contributed by atoms with E-state index in [0.29, 0.717) is 5.92 Å². The molecule has 0 bridgehead atoms. The standard InChI is InChI=1S/C16H36N4O2.HI/c1-6-17-16(18-8-7-12-22-14-15(2)3)19-9-10-20(4)11-13-21-5;/h15H,6-14H2,1-5H3,(H2,17,18,19);1H. The lowest BCUT2D eigenvalue weighted by molar-refractivity contribution is 0.109. The summed E-state index contributed by atoms with van der Waals surface area (Å²) >= 11 is 0. The number of nitrogens with one attached hydrogen (secondary N) is 2. The van der Waals surface area contributed by atoms with E-state index in [4.69, 9.17) is 9.47 Å². The number of hydrogen-bond donors (Lipinski definition) is 2. The minimum Gasteiger partial charge on any atom is -0.383 e. The maximum Gasteiger partial charge on any atom is 0.191 e. The molecule has 0 atom stereocenters. The Hall–Kier alpha value is -0.120. The summed E-state index contributed by atoms with van der Waals surface area (Å²) in [5.41, 5.74) is 0. The topological polar surface area (TPSA) is 58.1 Å². The van der Waals surface area contributed by atoms with Gasteiger partial charge in [0.1, 0.15) is 0 Å². The summed E-state index contributed by atoms with van der Waals surface area (Å²) in [5, 5.41) is 6.62. The van der Waals surface area contributed by atoms with Crippen LogP contribution in [-0.4, -0.2) is 77.6 Å². The zero-order valence-corrected chi connectivity index (χ0v) is 17.9. The van der Waals surface area contributed by atoms with Gasteiger partial charge in [0.15, 0.2) is 5.96 Å². The van der Waals surface area contributed by atoms with E-state index in [-0.39, 0.29) is 24.0 Å². The van der Waals surface area contributed by atoms with Crippen LogP contribution in [0.4, 0.5) is 0 Å². The number of likely N-dealkylation sites (N-methyl/N-ethyl adjacent to an activating group) is 1. The second-order valence-corrected chi connectivity index (χ2v) is 5.81. The Morgan fingerprint density at radius 2 is 1.91 bits per heavy atom. The SMILES string of the molecule is CCNC(=NCCCOCC(C)C)NCCN(C)CCOC.I. The minimum absolute atomic E-state index is 0. The van der Waals surface area contributed by atoms with Crippen molar-refractivity contribution >= 4 is 29.9 Å². The van der Waals surface area contributed by atoms with Crippen LogP contribution in [0.25, 0.3) is 0 Å². The highest BCUT2D eigenvalue weighted by Gasteiger charge is 2.00. The maximum atomic E-state index is 5.56. The van der Waals surface area contributed by atoms with Crippen molar-refractivity contribution in [1.29, 1.82) is 0 Å². The quantitative estimate of drug-likeness (QED) is 0.196. The first-order valence-corrected chi connectivity index (χ1v) is 8.37. The molecule has 23 heavy (non-hydrogen) atoms. The fourth-order valence-electron chi connectivity index (χ4n) is 1.74. The number of methoxy groups -OCH3 is 1. The third-order valence-electron chi connectivity index (χ3n) is 2.98. The summed E-state index contributed by atoms with van der Waals surface area (Å²) in [6, 6.07) is 0. The minimum atomic E-state index is 0. The monoisotopic (exact) mass is 444 g/mol. The first-order chi connectivity index (χ1) is 10.6. The number of ether oxygens (including phenoxy) is 2. The van der Waals surface area contributed by atoms with Crippen molar-refractivity contribution in [2.24, 2.45) is 10.9 Å². The zero-order valence-electron chi connectivity index (χ0n) is 15.6. The summed E-state index contributed by atoms with van der Waals surface area (Å²) in [6.45, 7) is 13.2. The van der Waals surface area contributed by atoms with Crippen LogP contribution in [0.3, 0.4) is 0 Å². The van der Waals surface area contributed by atoms with Crippen LogP contribution in [0.15, 0.2) is 4.99 Å². The smallest absolute Gasteiger partial charge is 0.191 e. The Morgan fingerprint density at radius 3 is 2.52 bits per heavy atom. The third kappa shape index (κ3) is 18.1. The first kappa shape index (κ1) is 25.1. The van der Waals surface area contributed by atoms with Crippen LogP contribution in [0.5, 0.6) is 0 Å². The number of aliphatic imine (C=N–C) groups is 1. The Morgan fingerprint density at radius 1 is 1.17 bits per heavy atom. The van der Waals surface area contributed by atoms with Gasteiger partial charge in [-0.05, 0) is 26.3 Å². The van der Waals surface area contributed by atoms with Crippen LogP contribution >= 0.6 is 24.0 Å². The average Bonchev–Trinajstić information content (AvgIpc) is 2.48. The van der Waals surface area contributed by atoms with Crippen molar-refractivity contribution < 1.29 is 9.47 Å². The fourth-order valence-corrected chi connectivity index (χ4v) is 1.74. The largest absolute Gasteiger partial charge is 0.383 e. The van der Waals surface area contributed by atoms with Crippen molar-refractivity contribution in [3.05, 3.63) is 0 Å². The molecule has 0 fully saturated rings. The molecule has 140 valence electrons. The molecule has 0 aromatic rings. The molecule has 0 heterocycles. The van der Waals surface area contributed by atoms with E-state index in [1.165, 1.54) is 0 Å². The van der Waals surface area contributed by atoms with E-state index in [2.05, 4.69) is 48.3 Å². The Kier molecular flexibility index (Phi) is 19.9. The van der Waals surface area contributed by atoms with Crippen molar-refractivity contribution in [2.75, 3.05) is 66.7 Å². The van der Waals surface area contributed by atoms with E-state index in [0.717, 1.165) is 64.9 Å². The first-order valence-electron chi connectivity index (χ1n) is 8.37. The van der Waals surface area contributed by atoms with Gasteiger partial charge in [0.2, 0.25) is 0 Å². The molecule has 0 aromatic carbocycles. The van der Waals surface area contributed by atoms with Gasteiger partial charge >= 0.3 is 0 Å². The molecule has 0 rings (SSSR count). The Bertz CT molecular complexity index is 279. The molecule has 0 saturated carbocycles. The molecular weight excluding hydrogens is 407 g/mol. The Balaban J connectivity index is 0. The number of guanidine groups is 1. The number of rotatable bonds is 13. The predicted octanol–water partition coefficient (Wildman–Crippen LogP) is 1.80. The number of hydrogen-bond acceptors (Lipinski definition) is 4. The van der Waals surface area contributed by atoms with Crippen molar-refractivity contribution in [3.8, 4) is 0 Å². The van der Waals surface area contributed by atoms with Gasteiger partial charge in [-0.3, -0.25) is 4.99 Å². The molecule has 2 N–H and O–H groups in total. The van der Waals surface area contributed by atoms with Crippen LogP contribution < -0.4 is 10.6 Å². The van der Waals surface area contributed by atoms with Gasteiger partial charge in [0, 0.05) is 53.0 Å². The van der Waals surface area contributed by atoms with E-state index in [1.807, 2.05) is 0 Å². The highest BCUT2D eigenvalue weighted by molar-refractivity contribution is 14.0. The average molecular weight is 444 g/mol. The fraction of sp³-hybridized carbons (Fsp3) is 0.938. The van der Waals surface area contributed by atoms with Crippen LogP contribution in [0.2, 0.25) is 0 Å². The molecule has 0 aliphatic heterocycles. The maximum absolute atomic E-state index is 5.56. The molecule has 0 unspecified atom stereocenters. The lowest BCUT2D eigenvalue weighted by Crippen LogP contribution is -2.41. The van der Waals surface area contributed by atoms with Gasteiger partial charge in [-0.25, -0.2) is 0 Å². The molecule has 0 radical (unpaired) electrons.